The summed E-state index contributed by atoms with van der Waals surface area (Å²) in [5, 5.41) is 3.56. The van der Waals surface area contributed by atoms with Gasteiger partial charge >= 0.3 is 0 Å². The highest BCUT2D eigenvalue weighted by Gasteiger charge is 2.25. The maximum Gasteiger partial charge on any atom is 0.193 e. The van der Waals surface area contributed by atoms with E-state index in [9.17, 15) is 0 Å². The van der Waals surface area contributed by atoms with Crippen LogP contribution in [0.5, 0.6) is 0 Å². The van der Waals surface area contributed by atoms with Gasteiger partial charge in [-0.15, -0.1) is 0 Å². The minimum atomic E-state index is 0.523. The van der Waals surface area contributed by atoms with Crippen LogP contribution in [0, 0.1) is 5.92 Å². The first-order chi connectivity index (χ1) is 10.8. The summed E-state index contributed by atoms with van der Waals surface area (Å²) in [6, 6.07) is 10.7. The maximum absolute atomic E-state index is 5.27. The number of likely N-dealkylation sites (tertiary alicyclic amines) is 1. The molecular weight excluding hydrogens is 274 g/mol. The van der Waals surface area contributed by atoms with Crippen LogP contribution in [0.3, 0.4) is 0 Å². The largest absolute Gasteiger partial charge is 0.384 e. The highest BCUT2D eigenvalue weighted by atomic mass is 16.5. The molecule has 0 radical (unpaired) electrons. The summed E-state index contributed by atoms with van der Waals surface area (Å²) >= 11 is 0. The van der Waals surface area contributed by atoms with Gasteiger partial charge < -0.3 is 15.0 Å². The number of rotatable bonds is 6. The molecule has 1 saturated heterocycles. The van der Waals surface area contributed by atoms with E-state index >= 15 is 0 Å². The van der Waals surface area contributed by atoms with E-state index in [1.165, 1.54) is 12.0 Å². The summed E-state index contributed by atoms with van der Waals surface area (Å²) in [4.78, 5) is 6.80. The molecule has 0 aromatic heterocycles. The molecule has 122 valence electrons. The second kappa shape index (κ2) is 8.79. The van der Waals surface area contributed by atoms with Gasteiger partial charge in [-0.25, -0.2) is 0 Å². The highest BCUT2D eigenvalue weighted by Crippen LogP contribution is 2.19. The van der Waals surface area contributed by atoms with E-state index < -0.39 is 0 Å². The van der Waals surface area contributed by atoms with Crippen LogP contribution in [-0.4, -0.2) is 51.3 Å². The Hall–Kier alpha value is -1.55. The molecule has 1 aromatic carbocycles. The Labute approximate surface area is 134 Å². The van der Waals surface area contributed by atoms with Crippen molar-refractivity contribution in [3.8, 4) is 0 Å². The zero-order valence-corrected chi connectivity index (χ0v) is 14.1. The van der Waals surface area contributed by atoms with Crippen molar-refractivity contribution in [2.24, 2.45) is 10.9 Å². The molecule has 1 aromatic rings. The molecule has 0 saturated carbocycles. The summed E-state index contributed by atoms with van der Waals surface area (Å²) in [6.07, 6.45) is 2.31. The lowest BCUT2D eigenvalue weighted by Crippen LogP contribution is -2.41. The Kier molecular flexibility index (Phi) is 6.72. The van der Waals surface area contributed by atoms with E-state index in [0.717, 1.165) is 38.6 Å². The molecule has 0 bridgehead atoms. The molecule has 2 unspecified atom stereocenters. The van der Waals surface area contributed by atoms with Gasteiger partial charge in [0.2, 0.25) is 0 Å². The van der Waals surface area contributed by atoms with Crippen molar-refractivity contribution < 1.29 is 4.74 Å². The summed E-state index contributed by atoms with van der Waals surface area (Å²) in [7, 11) is 3.65. The number of benzene rings is 1. The molecule has 4 heteroatoms. The van der Waals surface area contributed by atoms with E-state index in [1.54, 1.807) is 7.11 Å². The molecule has 22 heavy (non-hydrogen) atoms. The van der Waals surface area contributed by atoms with Crippen LogP contribution in [-0.2, 0) is 4.74 Å². The Morgan fingerprint density at radius 1 is 1.41 bits per heavy atom. The number of ether oxygens (including phenoxy) is 1. The first kappa shape index (κ1) is 16.8. The predicted octanol–water partition coefficient (Wildman–Crippen LogP) is 2.72. The molecule has 2 atom stereocenters. The third-order valence-corrected chi connectivity index (χ3v) is 4.47. The second-order valence-electron chi connectivity index (χ2n) is 6.00. The first-order valence-electron chi connectivity index (χ1n) is 8.28. The topological polar surface area (TPSA) is 36.9 Å². The van der Waals surface area contributed by atoms with Crippen molar-refractivity contribution >= 4 is 5.96 Å². The first-order valence-corrected chi connectivity index (χ1v) is 8.28. The van der Waals surface area contributed by atoms with E-state index in [4.69, 9.17) is 4.74 Å². The van der Waals surface area contributed by atoms with Gasteiger partial charge in [-0.2, -0.15) is 0 Å². The van der Waals surface area contributed by atoms with Gasteiger partial charge in [0.15, 0.2) is 5.96 Å². The predicted molar refractivity (Wildman–Crippen MR) is 92.4 cm³/mol. The van der Waals surface area contributed by atoms with E-state index in [1.807, 2.05) is 7.05 Å². The van der Waals surface area contributed by atoms with Crippen LogP contribution < -0.4 is 5.32 Å². The molecule has 4 nitrogen and oxygen atoms in total. The summed E-state index contributed by atoms with van der Waals surface area (Å²) in [6.45, 7) is 6.12. The van der Waals surface area contributed by atoms with Crippen LogP contribution in [0.4, 0.5) is 0 Å². The van der Waals surface area contributed by atoms with E-state index in [0.29, 0.717) is 11.8 Å². The Balaban J connectivity index is 1.88. The molecule has 1 heterocycles. The fourth-order valence-electron chi connectivity index (χ4n) is 3.17. The lowest BCUT2D eigenvalue weighted by Gasteiger charge is -2.24. The molecule has 0 spiro atoms. The molecular formula is C18H29N3O. The Bertz CT molecular complexity index is 461. The van der Waals surface area contributed by atoms with E-state index in [2.05, 4.69) is 52.5 Å². The smallest absolute Gasteiger partial charge is 0.193 e. The lowest BCUT2D eigenvalue weighted by molar-refractivity contribution is 0.157. The average molecular weight is 303 g/mol. The number of guanidine groups is 1. The van der Waals surface area contributed by atoms with Crippen molar-refractivity contribution in [1.82, 2.24) is 10.2 Å². The molecule has 1 aliphatic rings. The number of hydrogen-bond donors (Lipinski definition) is 1. The molecule has 0 aliphatic carbocycles. The highest BCUT2D eigenvalue weighted by molar-refractivity contribution is 5.80. The number of nitrogens with one attached hydrogen (secondary N) is 1. The van der Waals surface area contributed by atoms with Gasteiger partial charge in [-0.05, 0) is 18.4 Å². The monoisotopic (exact) mass is 303 g/mol. The van der Waals surface area contributed by atoms with Crippen LogP contribution in [0.15, 0.2) is 35.3 Å². The number of hydrogen-bond acceptors (Lipinski definition) is 2. The standard InChI is InChI=1S/C18H29N3O/c1-4-16(17-8-6-5-7-9-17)12-20-18(19-2)21-11-10-15(13-21)14-22-3/h5-9,15-16H,4,10-14H2,1-3H3,(H,19,20). The van der Waals surface area contributed by atoms with Crippen LogP contribution >= 0.6 is 0 Å². The number of aliphatic imine (C=N–C) groups is 1. The fraction of sp³-hybridized carbons (Fsp3) is 0.611. The van der Waals surface area contributed by atoms with Gasteiger partial charge in [0.25, 0.3) is 0 Å². The lowest BCUT2D eigenvalue weighted by atomic mass is 9.97. The van der Waals surface area contributed by atoms with Crippen molar-refractivity contribution in [1.29, 1.82) is 0 Å². The zero-order chi connectivity index (χ0) is 15.8. The van der Waals surface area contributed by atoms with Crippen molar-refractivity contribution in [2.75, 3.05) is 40.4 Å². The van der Waals surface area contributed by atoms with Crippen molar-refractivity contribution in [2.45, 2.75) is 25.7 Å². The van der Waals surface area contributed by atoms with Gasteiger partial charge in [0.1, 0.15) is 0 Å². The van der Waals surface area contributed by atoms with Crippen LogP contribution in [0.1, 0.15) is 31.2 Å². The minimum absolute atomic E-state index is 0.523. The number of methoxy groups -OCH3 is 1. The summed E-state index contributed by atoms with van der Waals surface area (Å²) in [5.41, 5.74) is 1.40. The third-order valence-electron chi connectivity index (χ3n) is 4.47. The van der Waals surface area contributed by atoms with Gasteiger partial charge in [-0.1, -0.05) is 37.3 Å². The molecule has 2 rings (SSSR count). The summed E-state index contributed by atoms with van der Waals surface area (Å²) in [5.74, 6) is 2.17. The van der Waals surface area contributed by atoms with Crippen LogP contribution in [0.2, 0.25) is 0 Å². The minimum Gasteiger partial charge on any atom is -0.384 e. The molecule has 1 fully saturated rings. The second-order valence-corrected chi connectivity index (χ2v) is 6.00. The number of nitrogens with zero attached hydrogens (tertiary/aromatic N) is 2. The van der Waals surface area contributed by atoms with Crippen LogP contribution in [0.25, 0.3) is 0 Å². The van der Waals surface area contributed by atoms with Gasteiger partial charge in [0, 0.05) is 45.6 Å². The molecule has 0 amide bonds. The van der Waals surface area contributed by atoms with Crippen molar-refractivity contribution in [3.05, 3.63) is 35.9 Å². The fourth-order valence-corrected chi connectivity index (χ4v) is 3.17. The van der Waals surface area contributed by atoms with E-state index in [-0.39, 0.29) is 0 Å². The normalized spacial score (nSPS) is 20.2. The average Bonchev–Trinajstić information content (AvgIpc) is 3.01. The SMILES string of the molecule is CCC(CNC(=NC)N1CCC(COC)C1)c1ccccc1. The molecule has 1 N–H and O–H groups in total. The quantitative estimate of drug-likeness (QED) is 0.648. The summed E-state index contributed by atoms with van der Waals surface area (Å²) < 4.78 is 5.27. The van der Waals surface area contributed by atoms with Crippen molar-refractivity contribution in [3.63, 3.8) is 0 Å². The zero-order valence-electron chi connectivity index (χ0n) is 14.1. The molecule has 1 aliphatic heterocycles. The Morgan fingerprint density at radius 2 is 2.18 bits per heavy atom. The third kappa shape index (κ3) is 4.47. The van der Waals surface area contributed by atoms with Gasteiger partial charge in [-0.3, -0.25) is 4.99 Å². The van der Waals surface area contributed by atoms with Gasteiger partial charge in [0.05, 0.1) is 6.61 Å². The Morgan fingerprint density at radius 3 is 2.82 bits per heavy atom. The maximum atomic E-state index is 5.27.